The van der Waals surface area contributed by atoms with Crippen LogP contribution in [0.4, 0.5) is 0 Å². The molecule has 0 atom stereocenters. The maximum atomic E-state index is 11.5. The molecule has 1 aliphatic rings. The van der Waals surface area contributed by atoms with E-state index in [-0.39, 0.29) is 12.8 Å². The summed E-state index contributed by atoms with van der Waals surface area (Å²) in [6.07, 6.45) is 11.2. The topological polar surface area (TPSA) is 44.8 Å². The standard InChI is InChI=1S/C18H22O4/c1-2-3-4-7-12-20-18(19)9-6-5-8-15-10-11-16-17(13-15)22-14-21-16/h5-6,8-11,13H,2-4,7,12,14H2,1H3/b8-5+,9-6+. The number of fused-ring (bicyclic) bond motifs is 1. The van der Waals surface area contributed by atoms with Crippen molar-refractivity contribution in [2.75, 3.05) is 13.4 Å². The molecule has 0 N–H and O–H groups in total. The van der Waals surface area contributed by atoms with E-state index in [0.717, 1.165) is 29.9 Å². The zero-order valence-electron chi connectivity index (χ0n) is 12.9. The molecule has 0 saturated carbocycles. The molecule has 1 aromatic carbocycles. The maximum Gasteiger partial charge on any atom is 0.330 e. The minimum absolute atomic E-state index is 0.270. The molecule has 118 valence electrons. The number of rotatable bonds is 8. The predicted molar refractivity (Wildman–Crippen MR) is 85.8 cm³/mol. The Morgan fingerprint density at radius 2 is 2.05 bits per heavy atom. The van der Waals surface area contributed by atoms with Crippen molar-refractivity contribution in [2.24, 2.45) is 0 Å². The third-order valence-electron chi connectivity index (χ3n) is 3.27. The summed E-state index contributed by atoms with van der Waals surface area (Å²) < 4.78 is 15.7. The first-order chi connectivity index (χ1) is 10.8. The number of unbranched alkanes of at least 4 members (excludes halogenated alkanes) is 3. The van der Waals surface area contributed by atoms with Crippen molar-refractivity contribution < 1.29 is 19.0 Å². The van der Waals surface area contributed by atoms with Crippen molar-refractivity contribution in [1.29, 1.82) is 0 Å². The van der Waals surface area contributed by atoms with E-state index >= 15 is 0 Å². The van der Waals surface area contributed by atoms with Crippen LogP contribution in [-0.2, 0) is 9.53 Å². The van der Waals surface area contributed by atoms with E-state index in [2.05, 4.69) is 6.92 Å². The Kier molecular flexibility index (Phi) is 6.55. The van der Waals surface area contributed by atoms with Crippen LogP contribution in [0.25, 0.3) is 6.08 Å². The molecule has 0 aliphatic carbocycles. The second-order valence-electron chi connectivity index (χ2n) is 5.06. The maximum absolute atomic E-state index is 11.5. The lowest BCUT2D eigenvalue weighted by Gasteiger charge is -2.00. The lowest BCUT2D eigenvalue weighted by molar-refractivity contribution is -0.137. The molecule has 2 rings (SSSR count). The lowest BCUT2D eigenvalue weighted by atomic mass is 10.2. The number of hydrogen-bond donors (Lipinski definition) is 0. The fraction of sp³-hybridized carbons (Fsp3) is 0.389. The fourth-order valence-corrected chi connectivity index (χ4v) is 2.07. The van der Waals surface area contributed by atoms with Crippen LogP contribution in [0.5, 0.6) is 11.5 Å². The number of carbonyl (C=O) groups is 1. The molecule has 0 saturated heterocycles. The number of benzene rings is 1. The quantitative estimate of drug-likeness (QED) is 0.314. The second kappa shape index (κ2) is 8.93. The first kappa shape index (κ1) is 16.1. The molecule has 1 heterocycles. The third-order valence-corrected chi connectivity index (χ3v) is 3.27. The van der Waals surface area contributed by atoms with Gasteiger partial charge in [0.05, 0.1) is 6.61 Å². The van der Waals surface area contributed by atoms with Gasteiger partial charge in [-0.3, -0.25) is 0 Å². The molecule has 0 aromatic heterocycles. The Hall–Kier alpha value is -2.23. The number of esters is 1. The SMILES string of the molecule is CCCCCCOC(=O)/C=C/C=C/c1ccc2c(c1)OCO2. The molecule has 1 aliphatic heterocycles. The molecule has 4 nitrogen and oxygen atoms in total. The van der Waals surface area contributed by atoms with Crippen molar-refractivity contribution in [3.63, 3.8) is 0 Å². The smallest absolute Gasteiger partial charge is 0.330 e. The molecule has 1 aromatic rings. The number of ether oxygens (including phenoxy) is 3. The van der Waals surface area contributed by atoms with Gasteiger partial charge >= 0.3 is 5.97 Å². The first-order valence-electron chi connectivity index (χ1n) is 7.71. The van der Waals surface area contributed by atoms with E-state index in [9.17, 15) is 4.79 Å². The number of carbonyl (C=O) groups excluding carboxylic acids is 1. The highest BCUT2D eigenvalue weighted by atomic mass is 16.7. The Balaban J connectivity index is 1.71. The molecule has 0 unspecified atom stereocenters. The van der Waals surface area contributed by atoms with Gasteiger partial charge in [0.1, 0.15) is 0 Å². The van der Waals surface area contributed by atoms with Gasteiger partial charge in [0.15, 0.2) is 11.5 Å². The van der Waals surface area contributed by atoms with Crippen LogP contribution in [0.1, 0.15) is 38.2 Å². The van der Waals surface area contributed by atoms with Crippen LogP contribution in [0.2, 0.25) is 0 Å². The minimum Gasteiger partial charge on any atom is -0.463 e. The Morgan fingerprint density at radius 3 is 2.91 bits per heavy atom. The zero-order valence-corrected chi connectivity index (χ0v) is 12.9. The van der Waals surface area contributed by atoms with Gasteiger partial charge in [0, 0.05) is 6.08 Å². The molecule has 0 spiro atoms. The normalized spacial score (nSPS) is 13.1. The highest BCUT2D eigenvalue weighted by molar-refractivity contribution is 5.82. The van der Waals surface area contributed by atoms with Crippen molar-refractivity contribution in [1.82, 2.24) is 0 Å². The van der Waals surface area contributed by atoms with E-state index < -0.39 is 0 Å². The molecule has 4 heteroatoms. The largest absolute Gasteiger partial charge is 0.463 e. The first-order valence-corrected chi connectivity index (χ1v) is 7.71. The molecular formula is C18H22O4. The molecule has 0 radical (unpaired) electrons. The summed E-state index contributed by atoms with van der Waals surface area (Å²) in [5.41, 5.74) is 0.988. The van der Waals surface area contributed by atoms with Gasteiger partial charge in [-0.2, -0.15) is 0 Å². The molecule has 22 heavy (non-hydrogen) atoms. The van der Waals surface area contributed by atoms with Crippen LogP contribution in [0.15, 0.2) is 36.4 Å². The van der Waals surface area contributed by atoms with Gasteiger partial charge in [-0.15, -0.1) is 0 Å². The summed E-state index contributed by atoms with van der Waals surface area (Å²) in [7, 11) is 0. The zero-order chi connectivity index (χ0) is 15.6. The van der Waals surface area contributed by atoms with Crippen LogP contribution in [0.3, 0.4) is 0 Å². The molecule has 0 fully saturated rings. The number of allylic oxidation sites excluding steroid dienone is 2. The summed E-state index contributed by atoms with van der Waals surface area (Å²) in [6.45, 7) is 2.92. The average molecular weight is 302 g/mol. The van der Waals surface area contributed by atoms with Gasteiger partial charge < -0.3 is 14.2 Å². The molecule has 0 amide bonds. The van der Waals surface area contributed by atoms with E-state index in [0.29, 0.717) is 6.61 Å². The van der Waals surface area contributed by atoms with E-state index in [1.807, 2.05) is 24.3 Å². The Morgan fingerprint density at radius 1 is 1.18 bits per heavy atom. The van der Waals surface area contributed by atoms with Gasteiger partial charge in [0.25, 0.3) is 0 Å². The Bertz CT molecular complexity index is 546. The summed E-state index contributed by atoms with van der Waals surface area (Å²) in [5.74, 6) is 1.21. The Labute approximate surface area is 131 Å². The van der Waals surface area contributed by atoms with Crippen LogP contribution < -0.4 is 9.47 Å². The van der Waals surface area contributed by atoms with Gasteiger partial charge in [-0.05, 0) is 24.1 Å². The van der Waals surface area contributed by atoms with Gasteiger partial charge in [-0.25, -0.2) is 4.79 Å². The summed E-state index contributed by atoms with van der Waals surface area (Å²) >= 11 is 0. The van der Waals surface area contributed by atoms with E-state index in [1.165, 1.54) is 18.9 Å². The van der Waals surface area contributed by atoms with Crippen LogP contribution >= 0.6 is 0 Å². The summed E-state index contributed by atoms with van der Waals surface area (Å²) in [4.78, 5) is 11.5. The molecule has 0 bridgehead atoms. The fourth-order valence-electron chi connectivity index (χ4n) is 2.07. The summed E-state index contributed by atoms with van der Waals surface area (Å²) in [5, 5.41) is 0. The van der Waals surface area contributed by atoms with Crippen LogP contribution in [0, 0.1) is 0 Å². The highest BCUT2D eigenvalue weighted by Gasteiger charge is 2.11. The highest BCUT2D eigenvalue weighted by Crippen LogP contribution is 2.32. The van der Waals surface area contributed by atoms with Crippen molar-refractivity contribution in [3.05, 3.63) is 42.0 Å². The van der Waals surface area contributed by atoms with Gasteiger partial charge in [0.2, 0.25) is 6.79 Å². The van der Waals surface area contributed by atoms with E-state index in [1.54, 1.807) is 12.2 Å². The minimum atomic E-state index is -0.299. The van der Waals surface area contributed by atoms with Crippen LogP contribution in [-0.4, -0.2) is 19.4 Å². The lowest BCUT2D eigenvalue weighted by Crippen LogP contribution is -2.01. The molecular weight excluding hydrogens is 280 g/mol. The van der Waals surface area contributed by atoms with Crippen molar-refractivity contribution in [2.45, 2.75) is 32.6 Å². The van der Waals surface area contributed by atoms with Crippen molar-refractivity contribution >= 4 is 12.0 Å². The monoisotopic (exact) mass is 302 g/mol. The van der Waals surface area contributed by atoms with Crippen molar-refractivity contribution in [3.8, 4) is 11.5 Å². The van der Waals surface area contributed by atoms with E-state index in [4.69, 9.17) is 14.2 Å². The average Bonchev–Trinajstić information content (AvgIpc) is 2.99. The number of hydrogen-bond acceptors (Lipinski definition) is 4. The third kappa shape index (κ3) is 5.28. The predicted octanol–water partition coefficient (Wildman–Crippen LogP) is 4.11. The second-order valence-corrected chi connectivity index (χ2v) is 5.06. The summed E-state index contributed by atoms with van der Waals surface area (Å²) in [6, 6.07) is 5.71. The van der Waals surface area contributed by atoms with Gasteiger partial charge in [-0.1, -0.05) is 50.5 Å².